The van der Waals surface area contributed by atoms with Gasteiger partial charge in [-0.25, -0.2) is 9.97 Å². The van der Waals surface area contributed by atoms with Crippen molar-refractivity contribution in [3.8, 4) is 0 Å². The largest absolute Gasteiger partial charge is 0.353 e. The number of aromatic nitrogens is 3. The van der Waals surface area contributed by atoms with Gasteiger partial charge in [0.15, 0.2) is 0 Å². The van der Waals surface area contributed by atoms with Crippen molar-refractivity contribution in [2.75, 3.05) is 67.1 Å². The molecule has 2 aliphatic heterocycles. The molecule has 26 heavy (non-hydrogen) atoms. The predicted molar refractivity (Wildman–Crippen MR) is 101 cm³/mol. The molecule has 136 valence electrons. The summed E-state index contributed by atoms with van der Waals surface area (Å²) in [6, 6.07) is 7.99. The predicted octanol–water partition coefficient (Wildman–Crippen LogP) is 0.477. The molecule has 0 aromatic carbocycles. The van der Waals surface area contributed by atoms with Crippen LogP contribution in [0.2, 0.25) is 0 Å². The number of piperazine rings is 2. The molecular formula is C18H23N7O. The fourth-order valence-corrected chi connectivity index (χ4v) is 3.40. The molecule has 0 aliphatic carbocycles. The lowest BCUT2D eigenvalue weighted by molar-refractivity contribution is -0.118. The number of nitrogens with zero attached hydrogens (tertiary/aromatic N) is 7. The van der Waals surface area contributed by atoms with Crippen molar-refractivity contribution in [3.05, 3.63) is 36.7 Å². The number of pyridine rings is 1. The Morgan fingerprint density at radius 1 is 0.731 bits per heavy atom. The van der Waals surface area contributed by atoms with Gasteiger partial charge in [-0.15, -0.1) is 0 Å². The number of amides is 1. The van der Waals surface area contributed by atoms with Gasteiger partial charge in [0.05, 0.1) is 0 Å². The molecule has 0 radical (unpaired) electrons. The topological polar surface area (TPSA) is 68.7 Å². The molecule has 0 unspecified atom stereocenters. The van der Waals surface area contributed by atoms with Gasteiger partial charge in [0.2, 0.25) is 12.4 Å². The molecule has 2 fully saturated rings. The van der Waals surface area contributed by atoms with Gasteiger partial charge < -0.3 is 19.6 Å². The van der Waals surface area contributed by atoms with Gasteiger partial charge in [0.1, 0.15) is 11.6 Å². The van der Waals surface area contributed by atoms with Crippen LogP contribution in [0.1, 0.15) is 0 Å². The van der Waals surface area contributed by atoms with Crippen LogP contribution < -0.4 is 14.7 Å². The number of hydrogen-bond acceptors (Lipinski definition) is 7. The minimum absolute atomic E-state index is 0.722. The molecule has 2 aromatic rings. The smallest absolute Gasteiger partial charge is 0.227 e. The molecule has 0 saturated carbocycles. The van der Waals surface area contributed by atoms with Crippen LogP contribution >= 0.6 is 0 Å². The zero-order valence-electron chi connectivity index (χ0n) is 14.7. The summed E-state index contributed by atoms with van der Waals surface area (Å²) in [6.07, 6.45) is 4.58. The number of carbonyl (C=O) groups is 1. The first-order valence-corrected chi connectivity index (χ1v) is 9.02. The van der Waals surface area contributed by atoms with Crippen molar-refractivity contribution in [1.82, 2.24) is 19.9 Å². The lowest BCUT2D eigenvalue weighted by atomic mass is 10.3. The highest BCUT2D eigenvalue weighted by Crippen LogP contribution is 2.19. The number of carbonyl (C=O) groups excluding carboxylic acids is 1. The summed E-state index contributed by atoms with van der Waals surface area (Å²) in [5.41, 5.74) is 0. The number of rotatable bonds is 4. The van der Waals surface area contributed by atoms with E-state index in [4.69, 9.17) is 4.98 Å². The highest BCUT2D eigenvalue weighted by atomic mass is 16.1. The van der Waals surface area contributed by atoms with E-state index in [0.717, 1.165) is 76.4 Å². The summed E-state index contributed by atoms with van der Waals surface area (Å²) < 4.78 is 0. The summed E-state index contributed by atoms with van der Waals surface area (Å²) in [5, 5.41) is 0. The van der Waals surface area contributed by atoms with E-state index in [2.05, 4.69) is 30.7 Å². The van der Waals surface area contributed by atoms with E-state index in [-0.39, 0.29) is 0 Å². The molecule has 0 N–H and O–H groups in total. The first kappa shape index (κ1) is 16.6. The van der Waals surface area contributed by atoms with E-state index in [9.17, 15) is 4.79 Å². The third-order valence-corrected chi connectivity index (χ3v) is 4.95. The summed E-state index contributed by atoms with van der Waals surface area (Å²) in [4.78, 5) is 33.0. The SMILES string of the molecule is O=CN1CCN(c2nccc(N3CCN(c4ccccn4)CC3)n2)CC1. The molecule has 0 spiro atoms. The Labute approximate surface area is 153 Å². The molecular weight excluding hydrogens is 330 g/mol. The fourth-order valence-electron chi connectivity index (χ4n) is 3.40. The van der Waals surface area contributed by atoms with Gasteiger partial charge in [-0.3, -0.25) is 4.79 Å². The van der Waals surface area contributed by atoms with Gasteiger partial charge in [-0.2, -0.15) is 4.98 Å². The maximum Gasteiger partial charge on any atom is 0.227 e. The Balaban J connectivity index is 1.39. The maximum atomic E-state index is 10.9. The van der Waals surface area contributed by atoms with Crippen LogP contribution in [0.3, 0.4) is 0 Å². The normalized spacial score (nSPS) is 18.2. The summed E-state index contributed by atoms with van der Waals surface area (Å²) >= 11 is 0. The third kappa shape index (κ3) is 3.54. The molecule has 1 amide bonds. The lowest BCUT2D eigenvalue weighted by Crippen LogP contribution is -2.48. The van der Waals surface area contributed by atoms with E-state index in [1.807, 2.05) is 30.6 Å². The minimum atomic E-state index is 0.722. The molecule has 8 nitrogen and oxygen atoms in total. The summed E-state index contributed by atoms with van der Waals surface area (Å²) in [5.74, 6) is 2.75. The van der Waals surface area contributed by atoms with Crippen LogP contribution in [0, 0.1) is 0 Å². The Bertz CT molecular complexity index is 725. The Hall–Kier alpha value is -2.90. The quantitative estimate of drug-likeness (QED) is 0.741. The third-order valence-electron chi connectivity index (χ3n) is 4.95. The highest BCUT2D eigenvalue weighted by molar-refractivity contribution is 5.50. The molecule has 0 bridgehead atoms. The zero-order chi connectivity index (χ0) is 17.8. The van der Waals surface area contributed by atoms with Crippen molar-refractivity contribution < 1.29 is 4.79 Å². The van der Waals surface area contributed by atoms with Crippen molar-refractivity contribution in [2.24, 2.45) is 0 Å². The first-order valence-electron chi connectivity index (χ1n) is 9.02. The molecule has 2 aromatic heterocycles. The van der Waals surface area contributed by atoms with E-state index >= 15 is 0 Å². The van der Waals surface area contributed by atoms with E-state index in [1.165, 1.54) is 0 Å². The van der Waals surface area contributed by atoms with E-state index < -0.39 is 0 Å². The molecule has 4 rings (SSSR count). The fraction of sp³-hybridized carbons (Fsp3) is 0.444. The summed E-state index contributed by atoms with van der Waals surface area (Å²) in [6.45, 7) is 6.66. The van der Waals surface area contributed by atoms with Crippen LogP contribution in [0.15, 0.2) is 36.7 Å². The molecule has 4 heterocycles. The van der Waals surface area contributed by atoms with Gasteiger partial charge in [-0.1, -0.05) is 6.07 Å². The van der Waals surface area contributed by atoms with E-state index in [1.54, 1.807) is 4.90 Å². The average molecular weight is 353 g/mol. The van der Waals surface area contributed by atoms with Crippen molar-refractivity contribution in [2.45, 2.75) is 0 Å². The standard InChI is InChI=1S/C18H23N7O/c26-15-22-7-9-25(10-8-22)18-20-6-4-17(21-18)24-13-11-23(12-14-24)16-3-1-2-5-19-16/h1-6,15H,7-14H2. The number of hydrogen-bond donors (Lipinski definition) is 0. The first-order chi connectivity index (χ1) is 12.8. The zero-order valence-corrected chi connectivity index (χ0v) is 14.7. The monoisotopic (exact) mass is 353 g/mol. The Morgan fingerprint density at radius 3 is 2.08 bits per heavy atom. The van der Waals surface area contributed by atoms with Gasteiger partial charge >= 0.3 is 0 Å². The second kappa shape index (κ2) is 7.55. The van der Waals surface area contributed by atoms with Gasteiger partial charge in [0, 0.05) is 64.8 Å². The van der Waals surface area contributed by atoms with Crippen molar-refractivity contribution in [3.63, 3.8) is 0 Å². The molecule has 0 atom stereocenters. The summed E-state index contributed by atoms with van der Waals surface area (Å²) in [7, 11) is 0. The van der Waals surface area contributed by atoms with Gasteiger partial charge in [0.25, 0.3) is 0 Å². The maximum absolute atomic E-state index is 10.9. The Morgan fingerprint density at radius 2 is 1.42 bits per heavy atom. The van der Waals surface area contributed by atoms with Crippen LogP contribution in [0.5, 0.6) is 0 Å². The van der Waals surface area contributed by atoms with Gasteiger partial charge in [-0.05, 0) is 18.2 Å². The average Bonchev–Trinajstić information content (AvgIpc) is 2.75. The highest BCUT2D eigenvalue weighted by Gasteiger charge is 2.21. The van der Waals surface area contributed by atoms with Crippen LogP contribution in [0.25, 0.3) is 0 Å². The number of anilines is 3. The van der Waals surface area contributed by atoms with Crippen molar-refractivity contribution in [1.29, 1.82) is 0 Å². The second-order valence-corrected chi connectivity index (χ2v) is 6.51. The molecule has 2 aliphatic rings. The van der Waals surface area contributed by atoms with Crippen LogP contribution in [0.4, 0.5) is 17.6 Å². The molecule has 8 heteroatoms. The molecule has 2 saturated heterocycles. The lowest BCUT2D eigenvalue weighted by Gasteiger charge is -2.36. The minimum Gasteiger partial charge on any atom is -0.353 e. The van der Waals surface area contributed by atoms with Crippen molar-refractivity contribution >= 4 is 24.0 Å². The van der Waals surface area contributed by atoms with E-state index in [0.29, 0.717) is 0 Å². The van der Waals surface area contributed by atoms with Crippen LogP contribution in [-0.4, -0.2) is 78.6 Å². The Kier molecular flexibility index (Phi) is 4.81. The van der Waals surface area contributed by atoms with Crippen LogP contribution in [-0.2, 0) is 4.79 Å². The second-order valence-electron chi connectivity index (χ2n) is 6.51.